The highest BCUT2D eigenvalue weighted by Gasteiger charge is 2.31. The second-order valence-corrected chi connectivity index (χ2v) is 11.4. The Morgan fingerprint density at radius 1 is 0.750 bits per heavy atom. The smallest absolute Gasteiger partial charge is 0.0561 e. The van der Waals surface area contributed by atoms with Crippen molar-refractivity contribution in [2.45, 2.75) is 97.8 Å². The van der Waals surface area contributed by atoms with Crippen LogP contribution >= 0.6 is 8.20 Å². The molecule has 0 aliphatic heterocycles. The summed E-state index contributed by atoms with van der Waals surface area (Å²) in [7, 11) is 0.680. The minimum Gasteiger partial charge on any atom is -0.0561 e. The Morgan fingerprint density at radius 3 is 1.50 bits per heavy atom. The topological polar surface area (TPSA) is 0 Å². The van der Waals surface area contributed by atoms with E-state index in [1.807, 2.05) is 0 Å². The van der Waals surface area contributed by atoms with Gasteiger partial charge in [-0.05, 0) is 41.1 Å². The molecule has 0 saturated heterocycles. The van der Waals surface area contributed by atoms with Gasteiger partial charge in [-0.25, -0.2) is 0 Å². The van der Waals surface area contributed by atoms with E-state index in [1.165, 1.54) is 36.0 Å². The van der Waals surface area contributed by atoms with Crippen molar-refractivity contribution in [3.8, 4) is 0 Å². The van der Waals surface area contributed by atoms with Crippen LogP contribution in [0, 0.1) is 0 Å². The van der Waals surface area contributed by atoms with Gasteiger partial charge >= 0.3 is 0 Å². The monoisotopic (exact) mass is 343 g/mol. The standard InChI is InChI=1S/C23H35P/c1-21(2,3)17-13-18(22(4,5)6)20(19(14-17)23(7,8)9)24-15-16-11-10-12-16/h13-14H,10-12H2,1-9H3/p+1. The normalized spacial score (nSPS) is 16.1. The summed E-state index contributed by atoms with van der Waals surface area (Å²) >= 11 is 0. The van der Waals surface area contributed by atoms with Gasteiger partial charge in [0.05, 0.1) is 5.45 Å². The second kappa shape index (κ2) is 6.48. The average molecular weight is 344 g/mol. The lowest BCUT2D eigenvalue weighted by atomic mass is 9.75. The van der Waals surface area contributed by atoms with Gasteiger partial charge in [0.2, 0.25) is 0 Å². The van der Waals surface area contributed by atoms with E-state index in [2.05, 4.69) is 79.9 Å². The molecule has 0 heterocycles. The van der Waals surface area contributed by atoms with Gasteiger partial charge < -0.3 is 0 Å². The van der Waals surface area contributed by atoms with Crippen LogP contribution in [0.5, 0.6) is 0 Å². The lowest BCUT2D eigenvalue weighted by molar-refractivity contribution is 0.554. The van der Waals surface area contributed by atoms with Crippen LogP contribution in [-0.2, 0) is 16.2 Å². The minimum absolute atomic E-state index is 0.162. The van der Waals surface area contributed by atoms with Gasteiger partial charge in [-0.3, -0.25) is 0 Å². The van der Waals surface area contributed by atoms with Crippen molar-refractivity contribution < 1.29 is 0 Å². The predicted octanol–water partition coefficient (Wildman–Crippen LogP) is 6.39. The van der Waals surface area contributed by atoms with Crippen LogP contribution in [0.2, 0.25) is 0 Å². The van der Waals surface area contributed by atoms with Crippen LogP contribution in [0.15, 0.2) is 17.7 Å². The first-order valence-electron chi connectivity index (χ1n) is 9.36. The largest absolute Gasteiger partial charge is 0.168 e. The summed E-state index contributed by atoms with van der Waals surface area (Å²) in [6.45, 7) is 21.1. The van der Waals surface area contributed by atoms with Crippen LogP contribution in [0.25, 0.3) is 0 Å². The highest BCUT2D eigenvalue weighted by molar-refractivity contribution is 7.47. The molecular formula is C23H36P+. The second-order valence-electron chi connectivity index (χ2n) is 10.4. The first-order chi connectivity index (χ1) is 10.8. The number of allylic oxidation sites excluding steroid dienone is 1. The Balaban J connectivity index is 2.80. The maximum Gasteiger partial charge on any atom is 0.168 e. The SMILES string of the molecule is CC(C)(C)c1cc(C(C)(C)C)c([PH+]=C=C2CCC2)c(C(C)(C)C)c1. The summed E-state index contributed by atoms with van der Waals surface area (Å²) in [5.74, 6) is 0. The van der Waals surface area contributed by atoms with E-state index in [-0.39, 0.29) is 16.2 Å². The van der Waals surface area contributed by atoms with Gasteiger partial charge in [-0.15, -0.1) is 0 Å². The fraction of sp³-hybridized carbons (Fsp3) is 0.652. The lowest BCUT2D eigenvalue weighted by Gasteiger charge is -2.30. The zero-order chi connectivity index (χ0) is 18.3. The molecule has 0 radical (unpaired) electrons. The third-order valence-corrected chi connectivity index (χ3v) is 6.21. The molecule has 1 aliphatic carbocycles. The fourth-order valence-electron chi connectivity index (χ4n) is 3.02. The van der Waals surface area contributed by atoms with Gasteiger partial charge in [0.15, 0.2) is 13.5 Å². The molecule has 1 aromatic rings. The van der Waals surface area contributed by atoms with Gasteiger partial charge in [-0.2, -0.15) is 0 Å². The van der Waals surface area contributed by atoms with Crippen molar-refractivity contribution in [2.24, 2.45) is 0 Å². The Hall–Kier alpha value is -0.830. The molecule has 1 unspecified atom stereocenters. The maximum atomic E-state index is 3.76. The van der Waals surface area contributed by atoms with E-state index in [1.54, 1.807) is 10.9 Å². The Morgan fingerprint density at radius 2 is 1.21 bits per heavy atom. The zero-order valence-corrected chi connectivity index (χ0v) is 18.3. The molecule has 0 nitrogen and oxygen atoms in total. The first-order valence-corrected chi connectivity index (χ1v) is 10.4. The fourth-order valence-corrected chi connectivity index (χ4v) is 4.74. The molecule has 1 aliphatic rings. The molecule has 0 spiro atoms. The van der Waals surface area contributed by atoms with E-state index in [0.29, 0.717) is 8.20 Å². The lowest BCUT2D eigenvalue weighted by Crippen LogP contribution is -2.29. The van der Waals surface area contributed by atoms with Gasteiger partial charge in [0, 0.05) is 16.7 Å². The molecular weight excluding hydrogens is 307 g/mol. The van der Waals surface area contributed by atoms with E-state index in [9.17, 15) is 0 Å². The van der Waals surface area contributed by atoms with Crippen molar-refractivity contribution in [3.63, 3.8) is 0 Å². The molecule has 1 fully saturated rings. The van der Waals surface area contributed by atoms with Crippen LogP contribution < -0.4 is 5.30 Å². The number of hydrogen-bond donors (Lipinski definition) is 0. The van der Waals surface area contributed by atoms with E-state index < -0.39 is 0 Å². The predicted molar refractivity (Wildman–Crippen MR) is 113 cm³/mol. The number of benzene rings is 1. The summed E-state index contributed by atoms with van der Waals surface area (Å²) in [5.41, 5.74) is 10.3. The van der Waals surface area contributed by atoms with Crippen molar-refractivity contribution in [2.75, 3.05) is 0 Å². The van der Waals surface area contributed by atoms with E-state index in [4.69, 9.17) is 0 Å². The molecule has 1 aromatic carbocycles. The summed E-state index contributed by atoms with van der Waals surface area (Å²) < 4.78 is 0. The molecule has 24 heavy (non-hydrogen) atoms. The molecule has 0 aromatic heterocycles. The van der Waals surface area contributed by atoms with Crippen LogP contribution in [0.3, 0.4) is 0 Å². The van der Waals surface area contributed by atoms with Gasteiger partial charge in [0.1, 0.15) is 0 Å². The highest BCUT2D eigenvalue weighted by Crippen LogP contribution is 2.35. The highest BCUT2D eigenvalue weighted by atomic mass is 31.1. The zero-order valence-electron chi connectivity index (χ0n) is 17.3. The Kier molecular flexibility index (Phi) is 5.26. The molecule has 0 amide bonds. The number of hydrogen-bond acceptors (Lipinski definition) is 0. The molecule has 0 bridgehead atoms. The van der Waals surface area contributed by atoms with Gasteiger partial charge in [0.25, 0.3) is 0 Å². The van der Waals surface area contributed by atoms with Crippen LogP contribution in [0.1, 0.15) is 98.3 Å². The maximum absolute atomic E-state index is 3.76. The quantitative estimate of drug-likeness (QED) is 0.518. The molecule has 132 valence electrons. The molecule has 0 N–H and O–H groups in total. The molecule has 2 rings (SSSR count). The van der Waals surface area contributed by atoms with Gasteiger partial charge in [-0.1, -0.05) is 74.4 Å². The third-order valence-electron chi connectivity index (χ3n) is 4.94. The van der Waals surface area contributed by atoms with Crippen molar-refractivity contribution in [1.29, 1.82) is 0 Å². The summed E-state index contributed by atoms with van der Waals surface area (Å²) in [6.07, 6.45) is 3.89. The van der Waals surface area contributed by atoms with Crippen molar-refractivity contribution in [1.82, 2.24) is 0 Å². The third kappa shape index (κ3) is 4.41. The summed E-state index contributed by atoms with van der Waals surface area (Å²) in [4.78, 5) is 0. The summed E-state index contributed by atoms with van der Waals surface area (Å²) in [6, 6.07) is 4.95. The summed E-state index contributed by atoms with van der Waals surface area (Å²) in [5, 5.41) is 1.54. The van der Waals surface area contributed by atoms with Crippen molar-refractivity contribution in [3.05, 3.63) is 34.4 Å². The Labute approximate surface area is 151 Å². The van der Waals surface area contributed by atoms with E-state index in [0.717, 1.165) is 0 Å². The number of rotatable bonds is 1. The Bertz CT molecular complexity index is 637. The van der Waals surface area contributed by atoms with Crippen molar-refractivity contribution >= 4 is 19.0 Å². The van der Waals surface area contributed by atoms with Crippen LogP contribution in [-0.4, -0.2) is 5.45 Å². The van der Waals surface area contributed by atoms with E-state index >= 15 is 0 Å². The van der Waals surface area contributed by atoms with Crippen LogP contribution in [0.4, 0.5) is 0 Å². The molecule has 1 saturated carbocycles. The minimum atomic E-state index is 0.162. The average Bonchev–Trinajstić information content (AvgIpc) is 2.32. The molecule has 1 atom stereocenters. The first kappa shape index (κ1) is 19.5. The molecule has 1 heteroatoms.